The molecule has 0 spiro atoms. The number of hydrogen-bond donors (Lipinski definition) is 0. The first-order chi connectivity index (χ1) is 17.7. The molecular formula is C31H35N3O2. The van der Waals surface area contributed by atoms with Crippen molar-refractivity contribution in [3.05, 3.63) is 108 Å². The molecule has 0 fully saturated rings. The van der Waals surface area contributed by atoms with Gasteiger partial charge in [0.05, 0.1) is 18.8 Å². The first-order valence-electron chi connectivity index (χ1n) is 12.7. The Balaban J connectivity index is 1.82. The minimum absolute atomic E-state index is 0.0387. The van der Waals surface area contributed by atoms with E-state index < -0.39 is 0 Å². The topological polar surface area (TPSA) is 47.4 Å². The lowest BCUT2D eigenvalue weighted by molar-refractivity contribution is 0.0716. The van der Waals surface area contributed by atoms with Crippen molar-refractivity contribution in [2.24, 2.45) is 0 Å². The van der Waals surface area contributed by atoms with E-state index in [0.717, 1.165) is 48.9 Å². The molecule has 0 saturated heterocycles. The zero-order valence-electron chi connectivity index (χ0n) is 21.4. The van der Waals surface area contributed by atoms with Gasteiger partial charge in [-0.25, -0.2) is 0 Å². The predicted molar refractivity (Wildman–Crippen MR) is 146 cm³/mol. The largest absolute Gasteiger partial charge is 0.480 e. The van der Waals surface area contributed by atoms with Crippen molar-refractivity contribution in [2.45, 2.75) is 45.1 Å². The van der Waals surface area contributed by atoms with Gasteiger partial charge in [-0.15, -0.1) is 0 Å². The number of rotatable bonds is 10. The van der Waals surface area contributed by atoms with E-state index in [2.05, 4.69) is 31.2 Å². The molecule has 5 nitrogen and oxygen atoms in total. The second-order valence-electron chi connectivity index (χ2n) is 9.00. The van der Waals surface area contributed by atoms with Crippen molar-refractivity contribution in [1.82, 2.24) is 14.7 Å². The summed E-state index contributed by atoms with van der Waals surface area (Å²) in [6.07, 6.45) is 15.2. The molecule has 1 aromatic heterocycles. The maximum Gasteiger partial charge on any atom is 0.261 e. The first-order valence-corrected chi connectivity index (χ1v) is 12.7. The average Bonchev–Trinajstić information content (AvgIpc) is 3.10. The van der Waals surface area contributed by atoms with Crippen LogP contribution in [0, 0.1) is 0 Å². The van der Waals surface area contributed by atoms with E-state index in [9.17, 15) is 4.79 Å². The number of methoxy groups -OCH3 is 1. The van der Waals surface area contributed by atoms with E-state index in [-0.39, 0.29) is 11.9 Å². The molecule has 0 saturated carbocycles. The molecule has 0 bridgehead atoms. The van der Waals surface area contributed by atoms with E-state index in [1.807, 2.05) is 78.7 Å². The number of hydrogen-bond acceptors (Lipinski definition) is 3. The summed E-state index contributed by atoms with van der Waals surface area (Å²) < 4.78 is 7.61. The zero-order chi connectivity index (χ0) is 25.3. The van der Waals surface area contributed by atoms with Gasteiger partial charge in [0.2, 0.25) is 5.88 Å². The van der Waals surface area contributed by atoms with E-state index in [1.165, 1.54) is 0 Å². The third-order valence-corrected chi connectivity index (χ3v) is 6.57. The summed E-state index contributed by atoms with van der Waals surface area (Å²) in [5.74, 6) is 0.348. The fourth-order valence-electron chi connectivity index (χ4n) is 4.65. The highest BCUT2D eigenvalue weighted by Gasteiger charge is 2.32. The van der Waals surface area contributed by atoms with Crippen molar-refractivity contribution in [1.29, 1.82) is 0 Å². The van der Waals surface area contributed by atoms with Gasteiger partial charge in [-0.1, -0.05) is 105 Å². The van der Waals surface area contributed by atoms with E-state index in [1.54, 1.807) is 11.8 Å². The Hall–Kier alpha value is -3.86. The van der Waals surface area contributed by atoms with Crippen LogP contribution in [0.5, 0.6) is 5.88 Å². The van der Waals surface area contributed by atoms with Crippen LogP contribution in [0.15, 0.2) is 91.0 Å². The molecule has 1 amide bonds. The number of ether oxygens (including phenoxy) is 1. The summed E-state index contributed by atoms with van der Waals surface area (Å²) in [5.41, 5.74) is 4.01. The number of nitrogens with zero attached hydrogens (tertiary/aromatic N) is 3. The van der Waals surface area contributed by atoms with Crippen LogP contribution >= 0.6 is 0 Å². The van der Waals surface area contributed by atoms with Crippen LogP contribution in [0.2, 0.25) is 0 Å². The summed E-state index contributed by atoms with van der Waals surface area (Å²) in [5, 5.41) is 4.92. The third kappa shape index (κ3) is 5.51. The van der Waals surface area contributed by atoms with Gasteiger partial charge in [-0.3, -0.25) is 4.79 Å². The molecular weight excluding hydrogens is 446 g/mol. The number of unbranched alkanes of at least 4 members (excludes halogenated alkanes) is 2. The summed E-state index contributed by atoms with van der Waals surface area (Å²) in [6, 6.07) is 20.1. The van der Waals surface area contributed by atoms with Gasteiger partial charge in [0, 0.05) is 7.05 Å². The summed E-state index contributed by atoms with van der Waals surface area (Å²) in [6.45, 7) is 2.20. The van der Waals surface area contributed by atoms with Gasteiger partial charge in [-0.2, -0.15) is 9.78 Å². The SMILES string of the molecule is CCCCCC(c1ccccc1)N(C)C(=O)c1c(C2=CCC=CC=C2)nn(-c2ccccc2)c1OC. The second-order valence-corrected chi connectivity index (χ2v) is 9.00. The summed E-state index contributed by atoms with van der Waals surface area (Å²) in [7, 11) is 3.50. The molecule has 1 heterocycles. The number of carbonyl (C=O) groups is 1. The van der Waals surface area contributed by atoms with Crippen molar-refractivity contribution in [2.75, 3.05) is 14.2 Å². The van der Waals surface area contributed by atoms with Crippen molar-refractivity contribution >= 4 is 11.5 Å². The van der Waals surface area contributed by atoms with Crippen molar-refractivity contribution in [3.63, 3.8) is 0 Å². The molecule has 1 aliphatic carbocycles. The molecule has 0 radical (unpaired) electrons. The molecule has 2 aromatic carbocycles. The second kappa shape index (κ2) is 12.2. The highest BCUT2D eigenvalue weighted by atomic mass is 16.5. The zero-order valence-corrected chi connectivity index (χ0v) is 21.4. The lowest BCUT2D eigenvalue weighted by Crippen LogP contribution is -2.32. The standard InChI is InChI=1S/C31H35N3O2/c1-4-5-10-23-27(24-17-13-8-14-18-24)33(2)30(35)28-29(25-19-11-6-7-12-20-25)32-34(31(28)36-3)26-21-15-9-16-22-26/h6-9,11,13-22,27H,4-5,10,12,23H2,1-3H3. The smallest absolute Gasteiger partial charge is 0.261 e. The lowest BCUT2D eigenvalue weighted by Gasteiger charge is -2.29. The number of amides is 1. The monoisotopic (exact) mass is 481 g/mol. The Kier molecular flexibility index (Phi) is 8.56. The number of para-hydroxylation sites is 1. The number of benzene rings is 2. The molecule has 4 rings (SSSR count). The number of aromatic nitrogens is 2. The normalized spacial score (nSPS) is 13.7. The van der Waals surface area contributed by atoms with E-state index in [4.69, 9.17) is 9.84 Å². The molecule has 3 aromatic rings. The van der Waals surface area contributed by atoms with Crippen LogP contribution in [-0.2, 0) is 0 Å². The number of allylic oxidation sites excluding steroid dienone is 6. The molecule has 0 N–H and O–H groups in total. The average molecular weight is 482 g/mol. The van der Waals surface area contributed by atoms with Crippen LogP contribution in [0.25, 0.3) is 11.3 Å². The van der Waals surface area contributed by atoms with Crippen LogP contribution in [0.4, 0.5) is 0 Å². The van der Waals surface area contributed by atoms with Crippen molar-refractivity contribution in [3.8, 4) is 11.6 Å². The van der Waals surface area contributed by atoms with Crippen LogP contribution in [-0.4, -0.2) is 34.7 Å². The van der Waals surface area contributed by atoms with Crippen LogP contribution in [0.3, 0.4) is 0 Å². The summed E-state index contributed by atoms with van der Waals surface area (Å²) in [4.78, 5) is 16.2. The molecule has 1 atom stereocenters. The highest BCUT2D eigenvalue weighted by Crippen LogP contribution is 2.35. The van der Waals surface area contributed by atoms with Gasteiger partial charge in [-0.05, 0) is 36.1 Å². The van der Waals surface area contributed by atoms with Gasteiger partial charge >= 0.3 is 0 Å². The number of carbonyl (C=O) groups excluding carboxylic acids is 1. The van der Waals surface area contributed by atoms with Crippen LogP contribution in [0.1, 0.15) is 66.7 Å². The maximum atomic E-state index is 14.3. The van der Waals surface area contributed by atoms with Gasteiger partial charge in [0.25, 0.3) is 5.91 Å². The molecule has 186 valence electrons. The fraction of sp³-hybridized carbons (Fsp3) is 0.290. The van der Waals surface area contributed by atoms with Crippen LogP contribution < -0.4 is 4.74 Å². The molecule has 5 heteroatoms. The van der Waals surface area contributed by atoms with Gasteiger partial charge in [0.1, 0.15) is 11.3 Å². The molecule has 36 heavy (non-hydrogen) atoms. The van der Waals surface area contributed by atoms with E-state index >= 15 is 0 Å². The quantitative estimate of drug-likeness (QED) is 0.288. The lowest BCUT2D eigenvalue weighted by atomic mass is 9.98. The first kappa shape index (κ1) is 25.2. The Morgan fingerprint density at radius 2 is 1.78 bits per heavy atom. The molecule has 0 aliphatic heterocycles. The highest BCUT2D eigenvalue weighted by molar-refractivity contribution is 6.02. The van der Waals surface area contributed by atoms with Crippen molar-refractivity contribution < 1.29 is 9.53 Å². The molecule has 1 aliphatic rings. The Labute approximate surface area is 214 Å². The van der Waals surface area contributed by atoms with Gasteiger partial charge in [0.15, 0.2) is 0 Å². The third-order valence-electron chi connectivity index (χ3n) is 6.57. The Morgan fingerprint density at radius 1 is 1.06 bits per heavy atom. The Bertz CT molecular complexity index is 1240. The Morgan fingerprint density at radius 3 is 2.47 bits per heavy atom. The van der Waals surface area contributed by atoms with Gasteiger partial charge < -0.3 is 9.64 Å². The predicted octanol–water partition coefficient (Wildman–Crippen LogP) is 7.17. The maximum absolute atomic E-state index is 14.3. The minimum Gasteiger partial charge on any atom is -0.480 e. The minimum atomic E-state index is -0.0964. The molecule has 1 unspecified atom stereocenters. The van der Waals surface area contributed by atoms with E-state index in [0.29, 0.717) is 17.1 Å². The summed E-state index contributed by atoms with van der Waals surface area (Å²) >= 11 is 0. The fourth-order valence-corrected chi connectivity index (χ4v) is 4.65.